The van der Waals surface area contributed by atoms with E-state index < -0.39 is 0 Å². The Morgan fingerprint density at radius 1 is 1.40 bits per heavy atom. The van der Waals surface area contributed by atoms with Crippen LogP contribution in [-0.2, 0) is 24.2 Å². The predicted octanol–water partition coefficient (Wildman–Crippen LogP) is 3.11. The Morgan fingerprint density at radius 2 is 2.20 bits per heavy atom. The van der Waals surface area contributed by atoms with Crippen LogP contribution >= 0.6 is 15.9 Å². The van der Waals surface area contributed by atoms with Crippen LogP contribution < -0.4 is 0 Å². The van der Waals surface area contributed by atoms with Gasteiger partial charge in [-0.1, -0.05) is 6.07 Å². The molecule has 0 saturated heterocycles. The molecule has 0 atom stereocenters. The zero-order chi connectivity index (χ0) is 14.5. The summed E-state index contributed by atoms with van der Waals surface area (Å²) in [6.07, 6.45) is 3.38. The van der Waals surface area contributed by atoms with Crippen LogP contribution in [0.25, 0.3) is 0 Å². The topological polar surface area (TPSA) is 47.8 Å². The van der Waals surface area contributed by atoms with Crippen LogP contribution in [0.1, 0.15) is 30.4 Å². The number of pyridine rings is 1. The first kappa shape index (κ1) is 14.9. The van der Waals surface area contributed by atoms with Gasteiger partial charge in [0.2, 0.25) is 0 Å². The third-order valence-corrected chi connectivity index (χ3v) is 4.24. The monoisotopic (exact) mass is 335 g/mol. The fourth-order valence-electron chi connectivity index (χ4n) is 2.13. The Kier molecular flexibility index (Phi) is 5.06. The van der Waals surface area contributed by atoms with Crippen molar-refractivity contribution in [3.05, 3.63) is 46.0 Å². The Morgan fingerprint density at radius 3 is 2.85 bits per heavy atom. The lowest BCUT2D eigenvalue weighted by molar-refractivity contribution is -0.118. The van der Waals surface area contributed by atoms with Gasteiger partial charge >= 0.3 is 0 Å². The number of aryl methyl sites for hydroxylation is 3. The van der Waals surface area contributed by atoms with Gasteiger partial charge in [0.15, 0.2) is 0 Å². The van der Waals surface area contributed by atoms with E-state index in [-0.39, 0.29) is 5.78 Å². The van der Waals surface area contributed by atoms with E-state index in [1.165, 1.54) is 0 Å². The second-order valence-electron chi connectivity index (χ2n) is 4.70. The molecular weight excluding hydrogens is 318 g/mol. The van der Waals surface area contributed by atoms with Gasteiger partial charge in [-0.15, -0.1) is 0 Å². The number of Topliss-reactive ketones (excluding diaryl/α,β-unsaturated/α-hetero) is 1. The highest BCUT2D eigenvalue weighted by atomic mass is 79.9. The fraction of sp³-hybridized carbons (Fsp3) is 0.400. The lowest BCUT2D eigenvalue weighted by Gasteiger charge is -2.05. The summed E-state index contributed by atoms with van der Waals surface area (Å²) in [6, 6.07) is 5.77. The summed E-state index contributed by atoms with van der Waals surface area (Å²) >= 11 is 3.52. The maximum atomic E-state index is 12.1. The van der Waals surface area contributed by atoms with Crippen molar-refractivity contribution >= 4 is 21.7 Å². The van der Waals surface area contributed by atoms with Gasteiger partial charge in [-0.25, -0.2) is 0 Å². The maximum Gasteiger partial charge on any atom is 0.139 e. The number of nitrogens with zero attached hydrogens (tertiary/aromatic N) is 3. The van der Waals surface area contributed by atoms with E-state index >= 15 is 0 Å². The van der Waals surface area contributed by atoms with E-state index in [1.54, 1.807) is 6.20 Å². The third kappa shape index (κ3) is 3.54. The van der Waals surface area contributed by atoms with Crippen LogP contribution in [0.5, 0.6) is 0 Å². The standard InChI is InChI=1S/C15H18BrN3O/c1-3-19-14(15(16)11(2)18-19)10-13(20)8-7-12-6-4-5-9-17-12/h4-6,9H,3,7-8,10H2,1-2H3. The van der Waals surface area contributed by atoms with Crippen LogP contribution in [0.4, 0.5) is 0 Å². The number of carbonyl (C=O) groups is 1. The predicted molar refractivity (Wildman–Crippen MR) is 81.6 cm³/mol. The summed E-state index contributed by atoms with van der Waals surface area (Å²) in [7, 11) is 0. The molecule has 0 radical (unpaired) electrons. The van der Waals surface area contributed by atoms with Crippen molar-refractivity contribution in [2.45, 2.75) is 39.7 Å². The van der Waals surface area contributed by atoms with Gasteiger partial charge in [0.25, 0.3) is 0 Å². The van der Waals surface area contributed by atoms with E-state index in [0.29, 0.717) is 19.3 Å². The van der Waals surface area contributed by atoms with Crippen molar-refractivity contribution in [3.63, 3.8) is 0 Å². The van der Waals surface area contributed by atoms with Crippen molar-refractivity contribution in [2.75, 3.05) is 0 Å². The summed E-state index contributed by atoms with van der Waals surface area (Å²) in [5, 5.41) is 4.41. The summed E-state index contributed by atoms with van der Waals surface area (Å²) in [5.74, 6) is 0.214. The lowest BCUT2D eigenvalue weighted by atomic mass is 10.1. The SMILES string of the molecule is CCn1nc(C)c(Br)c1CC(=O)CCc1ccccn1. The van der Waals surface area contributed by atoms with Gasteiger partial charge in [0, 0.05) is 31.3 Å². The maximum absolute atomic E-state index is 12.1. The Labute approximate surface area is 127 Å². The molecule has 0 spiro atoms. The molecule has 2 aromatic heterocycles. The molecule has 0 unspecified atom stereocenters. The van der Waals surface area contributed by atoms with Crippen molar-refractivity contribution < 1.29 is 4.79 Å². The molecule has 0 aliphatic heterocycles. The second-order valence-corrected chi connectivity index (χ2v) is 5.49. The molecule has 0 amide bonds. The number of aromatic nitrogens is 3. The van der Waals surface area contributed by atoms with Crippen LogP contribution in [-0.4, -0.2) is 20.5 Å². The molecule has 0 aliphatic carbocycles. The van der Waals surface area contributed by atoms with Crippen molar-refractivity contribution in [1.29, 1.82) is 0 Å². The van der Waals surface area contributed by atoms with Crippen LogP contribution in [0.15, 0.2) is 28.9 Å². The van der Waals surface area contributed by atoms with E-state index in [1.807, 2.05) is 36.7 Å². The Balaban J connectivity index is 1.98. The first-order valence-electron chi connectivity index (χ1n) is 6.75. The van der Waals surface area contributed by atoms with Gasteiger partial charge in [-0.2, -0.15) is 5.10 Å². The number of rotatable bonds is 6. The minimum absolute atomic E-state index is 0.214. The van der Waals surface area contributed by atoms with Crippen molar-refractivity contribution in [2.24, 2.45) is 0 Å². The van der Waals surface area contributed by atoms with Crippen LogP contribution in [0, 0.1) is 6.92 Å². The molecule has 0 N–H and O–H groups in total. The molecule has 0 fully saturated rings. The molecule has 106 valence electrons. The minimum Gasteiger partial charge on any atom is -0.299 e. The highest BCUT2D eigenvalue weighted by molar-refractivity contribution is 9.10. The fourth-order valence-corrected chi connectivity index (χ4v) is 2.55. The zero-order valence-electron chi connectivity index (χ0n) is 11.8. The molecule has 2 rings (SSSR count). The van der Waals surface area contributed by atoms with E-state index in [0.717, 1.165) is 28.1 Å². The van der Waals surface area contributed by atoms with Gasteiger partial charge in [-0.3, -0.25) is 14.5 Å². The number of hydrogen-bond donors (Lipinski definition) is 0. The largest absolute Gasteiger partial charge is 0.299 e. The molecule has 4 nitrogen and oxygen atoms in total. The first-order chi connectivity index (χ1) is 9.61. The highest BCUT2D eigenvalue weighted by Gasteiger charge is 2.15. The van der Waals surface area contributed by atoms with Crippen LogP contribution in [0.2, 0.25) is 0 Å². The summed E-state index contributed by atoms with van der Waals surface area (Å²) < 4.78 is 2.84. The lowest BCUT2D eigenvalue weighted by Crippen LogP contribution is -2.10. The molecule has 0 aliphatic rings. The zero-order valence-corrected chi connectivity index (χ0v) is 13.4. The smallest absolute Gasteiger partial charge is 0.139 e. The van der Waals surface area contributed by atoms with Crippen molar-refractivity contribution in [1.82, 2.24) is 14.8 Å². The molecular formula is C15H18BrN3O. The van der Waals surface area contributed by atoms with Gasteiger partial charge in [-0.05, 0) is 48.3 Å². The second kappa shape index (κ2) is 6.79. The number of hydrogen-bond acceptors (Lipinski definition) is 3. The normalized spacial score (nSPS) is 10.8. The molecule has 20 heavy (non-hydrogen) atoms. The van der Waals surface area contributed by atoms with E-state index in [4.69, 9.17) is 0 Å². The molecule has 0 aromatic carbocycles. The van der Waals surface area contributed by atoms with Crippen molar-refractivity contribution in [3.8, 4) is 0 Å². The van der Waals surface area contributed by atoms with Gasteiger partial charge < -0.3 is 0 Å². The van der Waals surface area contributed by atoms with E-state index in [2.05, 4.69) is 26.0 Å². The van der Waals surface area contributed by atoms with E-state index in [9.17, 15) is 4.79 Å². The Bertz CT molecular complexity index is 593. The summed E-state index contributed by atoms with van der Waals surface area (Å²) in [6.45, 7) is 4.74. The number of ketones is 1. The average molecular weight is 336 g/mol. The quantitative estimate of drug-likeness (QED) is 0.814. The van der Waals surface area contributed by atoms with Gasteiger partial charge in [0.1, 0.15) is 5.78 Å². The first-order valence-corrected chi connectivity index (χ1v) is 7.54. The molecule has 0 bridgehead atoms. The Hall–Kier alpha value is -1.49. The number of halogens is 1. The minimum atomic E-state index is 0.214. The van der Waals surface area contributed by atoms with Gasteiger partial charge in [0.05, 0.1) is 15.9 Å². The average Bonchev–Trinajstić information content (AvgIpc) is 2.74. The third-order valence-electron chi connectivity index (χ3n) is 3.20. The summed E-state index contributed by atoms with van der Waals surface area (Å²) in [4.78, 5) is 16.4. The highest BCUT2D eigenvalue weighted by Crippen LogP contribution is 2.22. The molecule has 2 heterocycles. The molecule has 2 aromatic rings. The number of carbonyl (C=O) groups excluding carboxylic acids is 1. The molecule has 0 saturated carbocycles. The molecule has 5 heteroatoms. The summed E-state index contributed by atoms with van der Waals surface area (Å²) in [5.41, 5.74) is 2.86. The van der Waals surface area contributed by atoms with Crippen LogP contribution in [0.3, 0.4) is 0 Å².